The van der Waals surface area contributed by atoms with Gasteiger partial charge in [0.1, 0.15) is 5.82 Å². The van der Waals surface area contributed by atoms with Crippen LogP contribution in [-0.2, 0) is 11.5 Å². The molecule has 4 rings (SSSR count). The van der Waals surface area contributed by atoms with Gasteiger partial charge in [-0.1, -0.05) is 47.5 Å². The van der Waals surface area contributed by atoms with Gasteiger partial charge in [0.2, 0.25) is 0 Å². The molecule has 3 aromatic carbocycles. The molecule has 0 aliphatic carbocycles. The van der Waals surface area contributed by atoms with Gasteiger partial charge in [-0.15, -0.1) is 0 Å². The van der Waals surface area contributed by atoms with E-state index >= 15 is 0 Å². The number of halogens is 5. The summed E-state index contributed by atoms with van der Waals surface area (Å²) in [7, 11) is 12.5. The summed E-state index contributed by atoms with van der Waals surface area (Å²) in [5.41, 5.74) is -1.85. The number of hydrogen-bond donors (Lipinski definition) is 2. The van der Waals surface area contributed by atoms with Crippen molar-refractivity contribution in [2.24, 2.45) is 0 Å². The molecule has 0 aliphatic rings. The number of aromatic nitrogens is 2. The molecule has 4 aromatic rings. The van der Waals surface area contributed by atoms with E-state index in [1.165, 1.54) is 37.3 Å². The number of rotatable bonds is 4. The van der Waals surface area contributed by atoms with Gasteiger partial charge >= 0.3 is 6.18 Å². The number of nitrogens with zero attached hydrogens (tertiary/aromatic N) is 2. The van der Waals surface area contributed by atoms with Crippen molar-refractivity contribution >= 4 is 61.4 Å². The Bertz CT molecular complexity index is 1650. The fraction of sp³-hybridized carbons (Fsp3) is 0.160. The Morgan fingerprint density at radius 3 is 2.18 bits per heavy atom. The van der Waals surface area contributed by atoms with Crippen LogP contribution >= 0.6 is 23.2 Å². The van der Waals surface area contributed by atoms with Crippen molar-refractivity contribution in [3.63, 3.8) is 0 Å². The van der Waals surface area contributed by atoms with Gasteiger partial charge in [-0.25, -0.2) is 4.98 Å². The normalized spacial score (nSPS) is 12.1. The zero-order valence-corrected chi connectivity index (χ0v) is 21.3. The van der Waals surface area contributed by atoms with Gasteiger partial charge in [-0.3, -0.25) is 9.59 Å². The maximum Gasteiger partial charge on any atom is 0.416 e. The molecule has 0 saturated carbocycles. The highest BCUT2D eigenvalue weighted by atomic mass is 35.5. The van der Waals surface area contributed by atoms with Crippen molar-refractivity contribution in [1.82, 2.24) is 9.55 Å². The summed E-state index contributed by atoms with van der Waals surface area (Å²) < 4.78 is 42.0. The summed E-state index contributed by atoms with van der Waals surface area (Å²) in [5, 5.41) is 9.39. The SMILES string of the molecule is [B]C([B])(c1ccccc1C(F)(F)F)n1c(C)nc2c(C)ccc(NC(=O)c3cc(Cl)c(O)c(Cl)c3)c2c1=O. The maximum atomic E-state index is 13.8. The summed E-state index contributed by atoms with van der Waals surface area (Å²) >= 11 is 11.8. The number of nitrogens with one attached hydrogen (secondary N) is 1. The quantitative estimate of drug-likeness (QED) is 0.335. The summed E-state index contributed by atoms with van der Waals surface area (Å²) in [4.78, 5) is 31.2. The van der Waals surface area contributed by atoms with Gasteiger partial charge < -0.3 is 15.0 Å². The monoisotopic (exact) mass is 555 g/mol. The summed E-state index contributed by atoms with van der Waals surface area (Å²) in [6.45, 7) is 3.05. The number of amides is 1. The third-order valence-corrected chi connectivity index (χ3v) is 6.53. The van der Waals surface area contributed by atoms with Gasteiger partial charge in [0.25, 0.3) is 11.5 Å². The topological polar surface area (TPSA) is 84.2 Å². The molecule has 0 fully saturated rings. The lowest BCUT2D eigenvalue weighted by atomic mass is 9.56. The number of alkyl halides is 3. The first-order chi connectivity index (χ1) is 17.6. The zero-order valence-electron chi connectivity index (χ0n) is 19.8. The summed E-state index contributed by atoms with van der Waals surface area (Å²) in [6.07, 6.45) is -4.80. The molecule has 0 atom stereocenters. The third-order valence-electron chi connectivity index (χ3n) is 5.96. The number of fused-ring (bicyclic) bond motifs is 1. The number of aryl methyl sites for hydroxylation is 2. The predicted octanol–water partition coefficient (Wildman–Crippen LogP) is 5.29. The molecular formula is C25H16B2Cl2F3N3O3. The molecule has 1 amide bonds. The molecule has 0 saturated heterocycles. The van der Waals surface area contributed by atoms with Crippen molar-refractivity contribution in [3.8, 4) is 5.75 Å². The Morgan fingerprint density at radius 1 is 1.03 bits per heavy atom. The first kappa shape index (κ1) is 27.6. The molecule has 4 radical (unpaired) electrons. The van der Waals surface area contributed by atoms with E-state index in [1.807, 2.05) is 0 Å². The number of phenolic OH excluding ortho intramolecular Hbond substituents is 1. The lowest BCUT2D eigenvalue weighted by Crippen LogP contribution is -2.46. The highest BCUT2D eigenvalue weighted by molar-refractivity contribution is 6.40. The third kappa shape index (κ3) is 4.76. The van der Waals surface area contributed by atoms with Gasteiger partial charge in [0.15, 0.2) is 5.75 Å². The van der Waals surface area contributed by atoms with Crippen molar-refractivity contribution in [2.75, 3.05) is 5.32 Å². The molecule has 1 aromatic heterocycles. The standard InChI is InChI=1S/C25H16B2Cl2F3N3O3/c1-11-7-8-18(34-22(37)13-9-16(28)21(36)17(29)10-13)19-20(11)33-12(2)35(23(19)38)24(26,27)14-5-3-4-6-15(14)25(30,31)32/h3-10,36H,1-2H3,(H,34,37). The summed E-state index contributed by atoms with van der Waals surface area (Å²) in [5.74, 6) is -1.19. The lowest BCUT2D eigenvalue weighted by molar-refractivity contribution is -0.138. The Hall–Kier alpha value is -3.43. The molecule has 6 nitrogen and oxygen atoms in total. The molecule has 0 spiro atoms. The molecule has 2 N–H and O–H groups in total. The van der Waals surface area contributed by atoms with Crippen LogP contribution in [0.15, 0.2) is 53.3 Å². The minimum Gasteiger partial charge on any atom is -0.505 e. The number of hydrogen-bond acceptors (Lipinski definition) is 4. The Morgan fingerprint density at radius 2 is 1.61 bits per heavy atom. The number of carbonyl (C=O) groups is 1. The minimum absolute atomic E-state index is 0.0120. The van der Waals surface area contributed by atoms with E-state index in [2.05, 4.69) is 10.3 Å². The molecule has 190 valence electrons. The molecule has 1 heterocycles. The number of carbonyl (C=O) groups excluding carboxylic acids is 1. The average Bonchev–Trinajstić information content (AvgIpc) is 2.83. The number of anilines is 1. The largest absolute Gasteiger partial charge is 0.505 e. The molecule has 0 unspecified atom stereocenters. The Balaban J connectivity index is 1.93. The van der Waals surface area contributed by atoms with Crippen molar-refractivity contribution in [2.45, 2.75) is 25.4 Å². The van der Waals surface area contributed by atoms with E-state index in [1.54, 1.807) is 13.0 Å². The minimum atomic E-state index is -4.80. The van der Waals surface area contributed by atoms with E-state index in [4.69, 9.17) is 38.9 Å². The second kappa shape index (κ2) is 9.71. The van der Waals surface area contributed by atoms with Crippen LogP contribution in [0.5, 0.6) is 5.75 Å². The van der Waals surface area contributed by atoms with Crippen LogP contribution in [0.25, 0.3) is 10.9 Å². The fourth-order valence-corrected chi connectivity index (χ4v) is 4.64. The fourth-order valence-electron chi connectivity index (χ4n) is 4.16. The van der Waals surface area contributed by atoms with E-state index in [9.17, 15) is 27.9 Å². The van der Waals surface area contributed by atoms with Crippen LogP contribution in [0.1, 0.15) is 32.9 Å². The predicted molar refractivity (Wildman–Crippen MR) is 142 cm³/mol. The summed E-state index contributed by atoms with van der Waals surface area (Å²) in [6, 6.07) is 9.76. The number of aromatic hydroxyl groups is 1. The zero-order chi connectivity index (χ0) is 28.2. The van der Waals surface area contributed by atoms with Crippen LogP contribution in [0.2, 0.25) is 10.0 Å². The Kier molecular flexibility index (Phi) is 7.05. The van der Waals surface area contributed by atoms with E-state index in [0.717, 1.165) is 16.7 Å². The van der Waals surface area contributed by atoms with Crippen LogP contribution in [0.3, 0.4) is 0 Å². The number of phenols is 1. The average molecular weight is 556 g/mol. The van der Waals surface area contributed by atoms with Crippen molar-refractivity contribution in [3.05, 3.63) is 97.0 Å². The van der Waals surface area contributed by atoms with Gasteiger partial charge in [-0.05, 0) is 54.6 Å². The second-order valence-electron chi connectivity index (χ2n) is 8.56. The highest BCUT2D eigenvalue weighted by Gasteiger charge is 2.38. The lowest BCUT2D eigenvalue weighted by Gasteiger charge is -2.33. The first-order valence-electron chi connectivity index (χ1n) is 10.9. The first-order valence-corrected chi connectivity index (χ1v) is 11.7. The molecule has 38 heavy (non-hydrogen) atoms. The van der Waals surface area contributed by atoms with Crippen LogP contribution < -0.4 is 10.9 Å². The highest BCUT2D eigenvalue weighted by Crippen LogP contribution is 2.37. The smallest absolute Gasteiger partial charge is 0.416 e. The molecule has 13 heteroatoms. The van der Waals surface area contributed by atoms with Crippen molar-refractivity contribution in [1.29, 1.82) is 0 Å². The number of benzene rings is 3. The van der Waals surface area contributed by atoms with Crippen LogP contribution in [0.4, 0.5) is 18.9 Å². The van der Waals surface area contributed by atoms with Crippen LogP contribution in [-0.4, -0.2) is 36.3 Å². The van der Waals surface area contributed by atoms with Gasteiger partial charge in [0, 0.05) is 5.56 Å². The Labute approximate surface area is 227 Å². The molecule has 0 bridgehead atoms. The van der Waals surface area contributed by atoms with Crippen molar-refractivity contribution < 1.29 is 23.1 Å². The van der Waals surface area contributed by atoms with Gasteiger partial charge in [0.05, 0.1) is 47.9 Å². The van der Waals surface area contributed by atoms with E-state index in [-0.39, 0.29) is 38.0 Å². The van der Waals surface area contributed by atoms with Crippen LogP contribution in [0, 0.1) is 13.8 Å². The van der Waals surface area contributed by atoms with Gasteiger partial charge in [-0.2, -0.15) is 13.2 Å². The van der Waals surface area contributed by atoms with E-state index in [0.29, 0.717) is 5.56 Å². The molecular weight excluding hydrogens is 540 g/mol. The molecule has 0 aliphatic heterocycles. The second-order valence-corrected chi connectivity index (χ2v) is 9.38. The van der Waals surface area contributed by atoms with E-state index < -0.39 is 39.9 Å². The maximum absolute atomic E-state index is 13.8.